The van der Waals surface area contributed by atoms with Crippen LogP contribution in [0, 0.1) is 0 Å². The molecule has 2 aromatic rings. The van der Waals surface area contributed by atoms with Gasteiger partial charge in [0.05, 0.1) is 12.7 Å². The Labute approximate surface area is 158 Å². The smallest absolute Gasteiger partial charge is 0.255 e. The van der Waals surface area contributed by atoms with Gasteiger partial charge in [0.25, 0.3) is 5.91 Å². The summed E-state index contributed by atoms with van der Waals surface area (Å²) in [6.07, 6.45) is 3.30. The molecule has 0 atom stereocenters. The minimum atomic E-state index is -0.0437. The monoisotopic (exact) mass is 368 g/mol. The van der Waals surface area contributed by atoms with Crippen LogP contribution in [0.3, 0.4) is 0 Å². The van der Waals surface area contributed by atoms with E-state index in [4.69, 9.17) is 4.74 Å². The number of nitrogens with one attached hydrogen (secondary N) is 1. The first-order chi connectivity index (χ1) is 13.2. The van der Waals surface area contributed by atoms with Crippen molar-refractivity contribution in [3.63, 3.8) is 0 Å². The van der Waals surface area contributed by atoms with Gasteiger partial charge in [0.15, 0.2) is 0 Å². The molecule has 7 nitrogen and oxygen atoms in total. The Morgan fingerprint density at radius 2 is 1.89 bits per heavy atom. The normalized spacial score (nSPS) is 14.0. The molecule has 1 aliphatic heterocycles. The van der Waals surface area contributed by atoms with Crippen molar-refractivity contribution in [3.8, 4) is 5.75 Å². The molecule has 3 rings (SSSR count). The van der Waals surface area contributed by atoms with Gasteiger partial charge in [0.1, 0.15) is 11.6 Å². The van der Waals surface area contributed by atoms with Crippen molar-refractivity contribution in [2.24, 2.45) is 0 Å². The number of rotatable bonds is 7. The summed E-state index contributed by atoms with van der Waals surface area (Å²) in [6, 6.07) is 11.6. The summed E-state index contributed by atoms with van der Waals surface area (Å²) in [5, 5.41) is 3.27. The summed E-state index contributed by atoms with van der Waals surface area (Å²) in [6.45, 7) is 3.01. The Kier molecular flexibility index (Phi) is 6.25. The molecule has 0 spiro atoms. The molecule has 1 aromatic heterocycles. The zero-order valence-electron chi connectivity index (χ0n) is 15.4. The van der Waals surface area contributed by atoms with E-state index in [1.807, 2.05) is 30.3 Å². The van der Waals surface area contributed by atoms with Crippen LogP contribution in [-0.2, 0) is 11.2 Å². The number of pyridine rings is 1. The molecule has 2 heterocycles. The van der Waals surface area contributed by atoms with Gasteiger partial charge in [-0.25, -0.2) is 4.98 Å². The largest absolute Gasteiger partial charge is 0.497 e. The minimum absolute atomic E-state index is 0.0437. The number of methoxy groups -OCH3 is 1. The fourth-order valence-electron chi connectivity index (χ4n) is 2.97. The van der Waals surface area contributed by atoms with Crippen LogP contribution in [0.25, 0.3) is 0 Å². The van der Waals surface area contributed by atoms with Crippen molar-refractivity contribution >= 4 is 18.1 Å². The number of piperazine rings is 1. The van der Waals surface area contributed by atoms with Crippen LogP contribution in [0.5, 0.6) is 5.75 Å². The van der Waals surface area contributed by atoms with Gasteiger partial charge in [-0.15, -0.1) is 0 Å². The Bertz CT molecular complexity index is 754. The van der Waals surface area contributed by atoms with Gasteiger partial charge in [0, 0.05) is 38.9 Å². The average Bonchev–Trinajstić information content (AvgIpc) is 2.74. The highest BCUT2D eigenvalue weighted by atomic mass is 16.5. The highest BCUT2D eigenvalue weighted by Gasteiger charge is 2.21. The predicted octanol–water partition coefficient (Wildman–Crippen LogP) is 1.66. The Balaban J connectivity index is 1.48. The fourth-order valence-corrected chi connectivity index (χ4v) is 2.97. The summed E-state index contributed by atoms with van der Waals surface area (Å²) < 4.78 is 5.15. The lowest BCUT2D eigenvalue weighted by Crippen LogP contribution is -2.48. The molecule has 27 heavy (non-hydrogen) atoms. The summed E-state index contributed by atoms with van der Waals surface area (Å²) in [7, 11) is 1.65. The standard InChI is InChI=1S/C20H24N4O3/c1-27-18-5-2-16(3-6-18)8-9-21-19-7-4-17(14-22-19)20(26)24-12-10-23(15-25)11-13-24/h2-7,14-15H,8-13H2,1H3,(H,21,22). The van der Waals surface area contributed by atoms with E-state index in [-0.39, 0.29) is 5.91 Å². The number of aromatic nitrogens is 1. The van der Waals surface area contributed by atoms with Crippen molar-refractivity contribution in [2.45, 2.75) is 6.42 Å². The fraction of sp³-hybridized carbons (Fsp3) is 0.350. The summed E-state index contributed by atoms with van der Waals surface area (Å²) in [4.78, 5) is 31.0. The molecule has 1 aliphatic rings. The Hall–Kier alpha value is -3.09. The Morgan fingerprint density at radius 1 is 1.15 bits per heavy atom. The number of hydrogen-bond acceptors (Lipinski definition) is 5. The number of anilines is 1. The van der Waals surface area contributed by atoms with E-state index in [1.54, 1.807) is 29.2 Å². The van der Waals surface area contributed by atoms with E-state index in [0.717, 1.165) is 30.9 Å². The SMILES string of the molecule is COc1ccc(CCNc2ccc(C(=O)N3CCN(C=O)CC3)cn2)cc1. The van der Waals surface area contributed by atoms with Crippen molar-refractivity contribution < 1.29 is 14.3 Å². The molecule has 1 saturated heterocycles. The van der Waals surface area contributed by atoms with Crippen LogP contribution >= 0.6 is 0 Å². The van der Waals surface area contributed by atoms with Crippen LogP contribution in [0.4, 0.5) is 5.82 Å². The van der Waals surface area contributed by atoms with Crippen molar-refractivity contribution in [1.82, 2.24) is 14.8 Å². The van der Waals surface area contributed by atoms with Gasteiger partial charge < -0.3 is 19.9 Å². The molecule has 0 saturated carbocycles. The second-order valence-electron chi connectivity index (χ2n) is 6.39. The average molecular weight is 368 g/mol. The molecule has 0 aliphatic carbocycles. The molecule has 1 N–H and O–H groups in total. The molecule has 1 aromatic carbocycles. The number of hydrogen-bond donors (Lipinski definition) is 1. The van der Waals surface area contributed by atoms with Gasteiger partial charge in [-0.05, 0) is 36.2 Å². The van der Waals surface area contributed by atoms with Crippen molar-refractivity contribution in [1.29, 1.82) is 0 Å². The number of nitrogens with zero attached hydrogens (tertiary/aromatic N) is 3. The van der Waals surface area contributed by atoms with E-state index >= 15 is 0 Å². The van der Waals surface area contributed by atoms with E-state index in [9.17, 15) is 9.59 Å². The molecule has 0 unspecified atom stereocenters. The third kappa shape index (κ3) is 4.97. The molecule has 0 radical (unpaired) electrons. The van der Waals surface area contributed by atoms with Gasteiger partial charge in [-0.1, -0.05) is 12.1 Å². The minimum Gasteiger partial charge on any atom is -0.497 e. The molecule has 1 fully saturated rings. The van der Waals surface area contributed by atoms with Crippen LogP contribution in [-0.4, -0.2) is 66.9 Å². The zero-order chi connectivity index (χ0) is 19.1. The lowest BCUT2D eigenvalue weighted by Gasteiger charge is -2.32. The van der Waals surface area contributed by atoms with E-state index < -0.39 is 0 Å². The first-order valence-corrected chi connectivity index (χ1v) is 9.01. The van der Waals surface area contributed by atoms with Crippen LogP contribution < -0.4 is 10.1 Å². The maximum Gasteiger partial charge on any atom is 0.255 e. The lowest BCUT2D eigenvalue weighted by molar-refractivity contribution is -0.119. The zero-order valence-corrected chi connectivity index (χ0v) is 15.4. The molecule has 0 bridgehead atoms. The first-order valence-electron chi connectivity index (χ1n) is 9.01. The summed E-state index contributed by atoms with van der Waals surface area (Å²) in [5.74, 6) is 1.55. The van der Waals surface area contributed by atoms with Crippen molar-refractivity contribution in [3.05, 3.63) is 53.7 Å². The third-order valence-electron chi connectivity index (χ3n) is 4.64. The summed E-state index contributed by atoms with van der Waals surface area (Å²) >= 11 is 0. The van der Waals surface area contributed by atoms with Gasteiger partial charge in [-0.3, -0.25) is 9.59 Å². The lowest BCUT2D eigenvalue weighted by atomic mass is 10.1. The first kappa shape index (κ1) is 18.7. The highest BCUT2D eigenvalue weighted by Crippen LogP contribution is 2.13. The maximum atomic E-state index is 12.5. The van der Waals surface area contributed by atoms with E-state index in [0.29, 0.717) is 31.7 Å². The van der Waals surface area contributed by atoms with Gasteiger partial charge in [-0.2, -0.15) is 0 Å². The number of amides is 2. The number of carbonyl (C=O) groups is 2. The molecule has 7 heteroatoms. The highest BCUT2D eigenvalue weighted by molar-refractivity contribution is 5.94. The molecular weight excluding hydrogens is 344 g/mol. The summed E-state index contributed by atoms with van der Waals surface area (Å²) in [5.41, 5.74) is 1.78. The second-order valence-corrected chi connectivity index (χ2v) is 6.39. The maximum absolute atomic E-state index is 12.5. The van der Waals surface area contributed by atoms with E-state index in [1.165, 1.54) is 5.56 Å². The van der Waals surface area contributed by atoms with Gasteiger partial charge in [0.2, 0.25) is 6.41 Å². The number of carbonyl (C=O) groups excluding carboxylic acids is 2. The number of ether oxygens (including phenoxy) is 1. The molecule has 2 amide bonds. The topological polar surface area (TPSA) is 74.8 Å². The number of benzene rings is 1. The quantitative estimate of drug-likeness (QED) is 0.753. The van der Waals surface area contributed by atoms with E-state index in [2.05, 4.69) is 10.3 Å². The van der Waals surface area contributed by atoms with Crippen LogP contribution in [0.2, 0.25) is 0 Å². The van der Waals surface area contributed by atoms with Crippen LogP contribution in [0.15, 0.2) is 42.6 Å². The predicted molar refractivity (Wildman–Crippen MR) is 103 cm³/mol. The second kappa shape index (κ2) is 9.02. The van der Waals surface area contributed by atoms with Gasteiger partial charge >= 0.3 is 0 Å². The van der Waals surface area contributed by atoms with Crippen molar-refractivity contribution in [2.75, 3.05) is 45.2 Å². The third-order valence-corrected chi connectivity index (χ3v) is 4.64. The van der Waals surface area contributed by atoms with Crippen LogP contribution in [0.1, 0.15) is 15.9 Å². The Morgan fingerprint density at radius 3 is 2.48 bits per heavy atom. The molecule has 142 valence electrons. The molecular formula is C20H24N4O3.